The van der Waals surface area contributed by atoms with Crippen molar-refractivity contribution in [3.63, 3.8) is 0 Å². The van der Waals surface area contributed by atoms with Gasteiger partial charge in [0.2, 0.25) is 11.8 Å². The Morgan fingerprint density at radius 3 is 2.95 bits per heavy atom. The summed E-state index contributed by atoms with van der Waals surface area (Å²) in [5.41, 5.74) is 0.281. The minimum atomic E-state index is -0.346. The third-order valence-corrected chi connectivity index (χ3v) is 4.11. The van der Waals surface area contributed by atoms with Crippen molar-refractivity contribution in [2.45, 2.75) is 32.7 Å². The molecule has 1 saturated heterocycles. The Kier molecular flexibility index (Phi) is 4.95. The maximum Gasteiger partial charge on any atom is 0.241 e. The van der Waals surface area contributed by atoms with Gasteiger partial charge in [0, 0.05) is 19.8 Å². The van der Waals surface area contributed by atoms with Crippen LogP contribution in [0.15, 0.2) is 12.4 Å². The molecule has 0 spiro atoms. The molecule has 0 saturated carbocycles. The lowest BCUT2D eigenvalue weighted by Gasteiger charge is -2.35. The van der Waals surface area contributed by atoms with Gasteiger partial charge in [0.05, 0.1) is 17.3 Å². The second kappa shape index (κ2) is 6.71. The van der Waals surface area contributed by atoms with Crippen molar-refractivity contribution >= 4 is 17.5 Å². The molecule has 1 aromatic rings. The summed E-state index contributed by atoms with van der Waals surface area (Å²) in [5, 5.41) is 12.8. The number of carbonyl (C=O) groups excluding carboxylic acids is 2. The van der Waals surface area contributed by atoms with Crippen LogP contribution in [-0.4, -0.2) is 41.7 Å². The van der Waals surface area contributed by atoms with Crippen LogP contribution in [0.5, 0.6) is 0 Å². The lowest BCUT2D eigenvalue weighted by atomic mass is 9.77. The Balaban J connectivity index is 2.00. The van der Waals surface area contributed by atoms with Crippen LogP contribution in [0, 0.1) is 5.41 Å². The van der Waals surface area contributed by atoms with Gasteiger partial charge in [-0.1, -0.05) is 6.92 Å². The minimum Gasteiger partial charge on any atom is -0.358 e. The Bertz CT molecular complexity index is 505. The highest BCUT2D eigenvalue weighted by Crippen LogP contribution is 2.31. The Labute approximate surface area is 124 Å². The zero-order valence-corrected chi connectivity index (χ0v) is 12.6. The lowest BCUT2D eigenvalue weighted by molar-refractivity contribution is -0.126. The van der Waals surface area contributed by atoms with Crippen molar-refractivity contribution in [1.82, 2.24) is 20.4 Å². The Morgan fingerprint density at radius 2 is 2.33 bits per heavy atom. The molecule has 0 bridgehead atoms. The highest BCUT2D eigenvalue weighted by molar-refractivity contribution is 5.95. The molecule has 116 valence electrons. The molecule has 1 atom stereocenters. The maximum absolute atomic E-state index is 12.5. The number of piperidine rings is 1. The van der Waals surface area contributed by atoms with Gasteiger partial charge in [0.25, 0.3) is 0 Å². The first-order chi connectivity index (χ1) is 10.1. The average Bonchev–Trinajstić information content (AvgIpc) is 2.94. The van der Waals surface area contributed by atoms with Crippen molar-refractivity contribution in [2.75, 3.05) is 25.5 Å². The summed E-state index contributed by atoms with van der Waals surface area (Å²) in [7, 11) is 1.58. The van der Waals surface area contributed by atoms with Gasteiger partial charge >= 0.3 is 0 Å². The van der Waals surface area contributed by atoms with Crippen molar-refractivity contribution in [2.24, 2.45) is 5.41 Å². The van der Waals surface area contributed by atoms with Gasteiger partial charge in [0.15, 0.2) is 0 Å². The molecule has 1 unspecified atom stereocenters. The van der Waals surface area contributed by atoms with Crippen molar-refractivity contribution in [3.8, 4) is 0 Å². The normalized spacial score (nSPS) is 21.8. The van der Waals surface area contributed by atoms with Crippen LogP contribution in [0.3, 0.4) is 0 Å². The maximum atomic E-state index is 12.5. The van der Waals surface area contributed by atoms with Crippen LogP contribution < -0.4 is 16.0 Å². The van der Waals surface area contributed by atoms with Crippen molar-refractivity contribution in [1.29, 1.82) is 0 Å². The zero-order valence-electron chi connectivity index (χ0n) is 12.6. The summed E-state index contributed by atoms with van der Waals surface area (Å²) >= 11 is 0. The van der Waals surface area contributed by atoms with Crippen LogP contribution in [0.4, 0.5) is 5.69 Å². The largest absolute Gasteiger partial charge is 0.358 e. The van der Waals surface area contributed by atoms with Crippen LogP contribution in [0.1, 0.15) is 26.2 Å². The third kappa shape index (κ3) is 3.60. The van der Waals surface area contributed by atoms with Crippen molar-refractivity contribution < 1.29 is 9.59 Å². The Morgan fingerprint density at radius 1 is 1.52 bits per heavy atom. The molecule has 2 amide bonds. The standard InChI is InChI=1S/C14H23N5O2/c1-3-14(5-4-6-16-10-14)13(21)18-11-7-17-19(8-11)9-12(20)15-2/h7-8,16H,3-6,9-10H2,1-2H3,(H,15,20)(H,18,21). The molecule has 3 N–H and O–H groups in total. The summed E-state index contributed by atoms with van der Waals surface area (Å²) < 4.78 is 1.51. The van der Waals surface area contributed by atoms with Gasteiger partial charge in [-0.25, -0.2) is 0 Å². The zero-order chi connectivity index (χ0) is 15.3. The number of aromatic nitrogens is 2. The smallest absolute Gasteiger partial charge is 0.241 e. The van der Waals surface area contributed by atoms with Gasteiger partial charge < -0.3 is 16.0 Å². The summed E-state index contributed by atoms with van der Waals surface area (Å²) in [6, 6.07) is 0. The predicted molar refractivity (Wildman–Crippen MR) is 79.8 cm³/mol. The van der Waals surface area contributed by atoms with Gasteiger partial charge in [-0.15, -0.1) is 0 Å². The molecule has 0 aliphatic carbocycles. The number of nitrogens with one attached hydrogen (secondary N) is 3. The fourth-order valence-electron chi connectivity index (χ4n) is 2.63. The second-order valence-electron chi connectivity index (χ2n) is 5.47. The van der Waals surface area contributed by atoms with E-state index in [1.54, 1.807) is 19.4 Å². The van der Waals surface area contributed by atoms with Gasteiger partial charge in [-0.3, -0.25) is 14.3 Å². The molecule has 1 aromatic heterocycles. The fourth-order valence-corrected chi connectivity index (χ4v) is 2.63. The molecule has 21 heavy (non-hydrogen) atoms. The number of hydrogen-bond acceptors (Lipinski definition) is 4. The summed E-state index contributed by atoms with van der Waals surface area (Å²) in [6.07, 6.45) is 5.96. The molecule has 1 fully saturated rings. The van der Waals surface area contributed by atoms with E-state index >= 15 is 0 Å². The van der Waals surface area contributed by atoms with E-state index in [4.69, 9.17) is 0 Å². The first-order valence-corrected chi connectivity index (χ1v) is 7.35. The third-order valence-electron chi connectivity index (χ3n) is 4.11. The quantitative estimate of drug-likeness (QED) is 0.731. The number of carbonyl (C=O) groups is 2. The van der Waals surface area contributed by atoms with Crippen molar-refractivity contribution in [3.05, 3.63) is 12.4 Å². The molecule has 2 rings (SSSR count). The van der Waals surface area contributed by atoms with Gasteiger partial charge in [-0.2, -0.15) is 5.10 Å². The van der Waals surface area contributed by atoms with Crippen LogP contribution in [0.2, 0.25) is 0 Å². The van der Waals surface area contributed by atoms with E-state index in [0.717, 1.165) is 25.8 Å². The predicted octanol–water partition coefficient (Wildman–Crippen LogP) is 0.347. The average molecular weight is 293 g/mol. The topological polar surface area (TPSA) is 88.0 Å². The van der Waals surface area contributed by atoms with E-state index in [0.29, 0.717) is 12.2 Å². The molecule has 0 radical (unpaired) electrons. The Hall–Kier alpha value is -1.89. The van der Waals surface area contributed by atoms with E-state index < -0.39 is 0 Å². The van der Waals surface area contributed by atoms with Crippen LogP contribution in [0.25, 0.3) is 0 Å². The van der Waals surface area contributed by atoms with Gasteiger partial charge in [-0.05, 0) is 25.8 Å². The second-order valence-corrected chi connectivity index (χ2v) is 5.47. The molecular weight excluding hydrogens is 270 g/mol. The minimum absolute atomic E-state index is 0.0247. The van der Waals surface area contributed by atoms with Crippen LogP contribution >= 0.6 is 0 Å². The first-order valence-electron chi connectivity index (χ1n) is 7.35. The molecule has 0 aromatic carbocycles. The van der Waals surface area contributed by atoms with E-state index in [1.807, 2.05) is 6.92 Å². The fraction of sp³-hybridized carbons (Fsp3) is 0.643. The number of nitrogens with zero attached hydrogens (tertiary/aromatic N) is 2. The molecule has 2 heterocycles. The SMILES string of the molecule is CCC1(C(=O)Nc2cnn(CC(=O)NC)c2)CCCNC1. The van der Waals surface area contributed by atoms with E-state index in [1.165, 1.54) is 4.68 Å². The summed E-state index contributed by atoms with van der Waals surface area (Å²) in [6.45, 7) is 3.87. The summed E-state index contributed by atoms with van der Waals surface area (Å²) in [5.74, 6) is -0.103. The molecule has 7 nitrogen and oxygen atoms in total. The van der Waals surface area contributed by atoms with E-state index in [2.05, 4.69) is 21.0 Å². The van der Waals surface area contributed by atoms with Crippen LogP contribution in [-0.2, 0) is 16.1 Å². The van der Waals surface area contributed by atoms with E-state index in [-0.39, 0.29) is 23.8 Å². The van der Waals surface area contributed by atoms with Gasteiger partial charge in [0.1, 0.15) is 6.54 Å². The molecule has 1 aliphatic heterocycles. The molecule has 7 heteroatoms. The number of rotatable bonds is 5. The number of amides is 2. The number of likely N-dealkylation sites (N-methyl/N-ethyl adjacent to an activating group) is 1. The molecular formula is C14H23N5O2. The lowest BCUT2D eigenvalue weighted by Crippen LogP contribution is -2.47. The summed E-state index contributed by atoms with van der Waals surface area (Å²) in [4.78, 5) is 23.8. The van der Waals surface area contributed by atoms with E-state index in [9.17, 15) is 9.59 Å². The molecule has 1 aliphatic rings. The highest BCUT2D eigenvalue weighted by Gasteiger charge is 2.37. The highest BCUT2D eigenvalue weighted by atomic mass is 16.2. The number of hydrogen-bond donors (Lipinski definition) is 3. The number of anilines is 1. The monoisotopic (exact) mass is 293 g/mol. The first kappa shape index (κ1) is 15.5.